The highest BCUT2D eigenvalue weighted by molar-refractivity contribution is 5.95. The summed E-state index contributed by atoms with van der Waals surface area (Å²) in [6.07, 6.45) is 2.39. The normalized spacial score (nSPS) is 17.1. The number of rotatable bonds is 3. The molecular formula is C15H22N2O3. The third-order valence-corrected chi connectivity index (χ3v) is 4.00. The van der Waals surface area contributed by atoms with Gasteiger partial charge in [-0.15, -0.1) is 0 Å². The van der Waals surface area contributed by atoms with Crippen molar-refractivity contribution >= 4 is 11.8 Å². The van der Waals surface area contributed by atoms with Crippen LogP contribution in [0.5, 0.6) is 0 Å². The standard InChI is InChI=1S/C15H22N2O3/c1-4-11(2)14(18)16-6-8-17(9-7-16)15(19)13-5-10-20-12(13)3/h5,10-11H,4,6-9H2,1-3H3/t11-/m1/s1. The van der Waals surface area contributed by atoms with Crippen molar-refractivity contribution in [2.24, 2.45) is 5.92 Å². The van der Waals surface area contributed by atoms with E-state index in [2.05, 4.69) is 0 Å². The summed E-state index contributed by atoms with van der Waals surface area (Å²) in [5.41, 5.74) is 0.617. The number of hydrogen-bond donors (Lipinski definition) is 0. The van der Waals surface area contributed by atoms with E-state index in [1.54, 1.807) is 17.9 Å². The zero-order valence-electron chi connectivity index (χ0n) is 12.4. The van der Waals surface area contributed by atoms with Gasteiger partial charge in [0.05, 0.1) is 11.8 Å². The van der Waals surface area contributed by atoms with Gasteiger partial charge in [-0.25, -0.2) is 0 Å². The lowest BCUT2D eigenvalue weighted by molar-refractivity contribution is -0.136. The van der Waals surface area contributed by atoms with Crippen molar-refractivity contribution in [2.75, 3.05) is 26.2 Å². The van der Waals surface area contributed by atoms with E-state index in [9.17, 15) is 9.59 Å². The van der Waals surface area contributed by atoms with Crippen molar-refractivity contribution in [1.29, 1.82) is 0 Å². The van der Waals surface area contributed by atoms with Gasteiger partial charge in [0.1, 0.15) is 5.76 Å². The molecule has 0 aliphatic carbocycles. The van der Waals surface area contributed by atoms with Crippen molar-refractivity contribution in [3.63, 3.8) is 0 Å². The van der Waals surface area contributed by atoms with Gasteiger partial charge in [-0.1, -0.05) is 13.8 Å². The molecule has 1 atom stereocenters. The van der Waals surface area contributed by atoms with Crippen LogP contribution in [0, 0.1) is 12.8 Å². The molecule has 1 aliphatic heterocycles. The molecule has 0 bridgehead atoms. The highest BCUT2D eigenvalue weighted by Crippen LogP contribution is 2.15. The average Bonchev–Trinajstić information content (AvgIpc) is 2.91. The molecule has 1 aliphatic rings. The Hall–Kier alpha value is -1.78. The maximum atomic E-state index is 12.3. The van der Waals surface area contributed by atoms with E-state index in [1.165, 1.54) is 6.26 Å². The Labute approximate surface area is 119 Å². The number of carbonyl (C=O) groups excluding carboxylic acids is 2. The van der Waals surface area contributed by atoms with E-state index in [-0.39, 0.29) is 17.7 Å². The van der Waals surface area contributed by atoms with Gasteiger partial charge in [0.15, 0.2) is 0 Å². The third-order valence-electron chi connectivity index (χ3n) is 4.00. The van der Waals surface area contributed by atoms with Crippen LogP contribution in [-0.4, -0.2) is 47.8 Å². The molecule has 1 saturated heterocycles. The highest BCUT2D eigenvalue weighted by Gasteiger charge is 2.27. The van der Waals surface area contributed by atoms with E-state index in [0.29, 0.717) is 37.5 Å². The minimum atomic E-state index is -0.00751. The Morgan fingerprint density at radius 1 is 1.25 bits per heavy atom. The summed E-state index contributed by atoms with van der Waals surface area (Å²) in [6.45, 7) is 8.17. The van der Waals surface area contributed by atoms with Crippen molar-refractivity contribution < 1.29 is 14.0 Å². The average molecular weight is 278 g/mol. The minimum absolute atomic E-state index is 0.00751. The predicted octanol–water partition coefficient (Wildman–Crippen LogP) is 1.92. The number of aryl methyl sites for hydroxylation is 1. The number of amides is 2. The van der Waals surface area contributed by atoms with Crippen molar-refractivity contribution in [2.45, 2.75) is 27.2 Å². The van der Waals surface area contributed by atoms with Gasteiger partial charge in [0, 0.05) is 32.1 Å². The van der Waals surface area contributed by atoms with Crippen LogP contribution in [0.3, 0.4) is 0 Å². The van der Waals surface area contributed by atoms with E-state index in [1.807, 2.05) is 18.7 Å². The lowest BCUT2D eigenvalue weighted by Crippen LogP contribution is -2.51. The molecule has 0 aromatic carbocycles. The smallest absolute Gasteiger partial charge is 0.257 e. The van der Waals surface area contributed by atoms with Crippen molar-refractivity contribution in [3.8, 4) is 0 Å². The maximum absolute atomic E-state index is 12.3. The molecule has 0 saturated carbocycles. The van der Waals surface area contributed by atoms with Crippen LogP contribution in [0.25, 0.3) is 0 Å². The van der Waals surface area contributed by atoms with Gasteiger partial charge in [0.25, 0.3) is 5.91 Å². The van der Waals surface area contributed by atoms with E-state index in [4.69, 9.17) is 4.42 Å². The monoisotopic (exact) mass is 278 g/mol. The minimum Gasteiger partial charge on any atom is -0.469 e. The van der Waals surface area contributed by atoms with Crippen LogP contribution in [0.15, 0.2) is 16.7 Å². The molecule has 5 nitrogen and oxygen atoms in total. The molecule has 1 aromatic heterocycles. The zero-order chi connectivity index (χ0) is 14.7. The highest BCUT2D eigenvalue weighted by atomic mass is 16.3. The van der Waals surface area contributed by atoms with Gasteiger partial charge in [-0.2, -0.15) is 0 Å². The van der Waals surface area contributed by atoms with Crippen LogP contribution in [0.4, 0.5) is 0 Å². The molecular weight excluding hydrogens is 256 g/mol. The Kier molecular flexibility index (Phi) is 4.47. The number of piperazine rings is 1. The van der Waals surface area contributed by atoms with E-state index in [0.717, 1.165) is 6.42 Å². The largest absolute Gasteiger partial charge is 0.469 e. The second kappa shape index (κ2) is 6.11. The van der Waals surface area contributed by atoms with Crippen LogP contribution < -0.4 is 0 Å². The first-order chi connectivity index (χ1) is 9.54. The maximum Gasteiger partial charge on any atom is 0.257 e. The fourth-order valence-electron chi connectivity index (χ4n) is 2.39. The molecule has 0 unspecified atom stereocenters. The molecule has 2 amide bonds. The van der Waals surface area contributed by atoms with E-state index >= 15 is 0 Å². The Morgan fingerprint density at radius 3 is 2.35 bits per heavy atom. The number of carbonyl (C=O) groups is 2. The summed E-state index contributed by atoms with van der Waals surface area (Å²) in [4.78, 5) is 28.1. The SMILES string of the molecule is CC[C@@H](C)C(=O)N1CCN(C(=O)c2ccoc2C)CC1. The summed E-state index contributed by atoms with van der Waals surface area (Å²) in [6, 6.07) is 1.70. The van der Waals surface area contributed by atoms with Crippen LogP contribution >= 0.6 is 0 Å². The summed E-state index contributed by atoms with van der Waals surface area (Å²) < 4.78 is 5.17. The lowest BCUT2D eigenvalue weighted by Gasteiger charge is -2.35. The topological polar surface area (TPSA) is 53.8 Å². The van der Waals surface area contributed by atoms with Crippen LogP contribution in [0.2, 0.25) is 0 Å². The first kappa shape index (κ1) is 14.6. The van der Waals surface area contributed by atoms with Gasteiger partial charge in [0.2, 0.25) is 5.91 Å². The molecule has 110 valence electrons. The quantitative estimate of drug-likeness (QED) is 0.848. The molecule has 5 heteroatoms. The van der Waals surface area contributed by atoms with Crippen molar-refractivity contribution in [3.05, 3.63) is 23.7 Å². The summed E-state index contributed by atoms with van der Waals surface area (Å²) in [5.74, 6) is 0.896. The molecule has 2 rings (SSSR count). The molecule has 20 heavy (non-hydrogen) atoms. The second-order valence-corrected chi connectivity index (χ2v) is 5.32. The van der Waals surface area contributed by atoms with Crippen molar-refractivity contribution in [1.82, 2.24) is 9.80 Å². The van der Waals surface area contributed by atoms with Gasteiger partial charge in [-0.05, 0) is 19.4 Å². The lowest BCUT2D eigenvalue weighted by atomic mass is 10.1. The van der Waals surface area contributed by atoms with Gasteiger partial charge >= 0.3 is 0 Å². The Morgan fingerprint density at radius 2 is 1.85 bits per heavy atom. The number of hydrogen-bond acceptors (Lipinski definition) is 3. The van der Waals surface area contributed by atoms with Gasteiger partial charge < -0.3 is 14.2 Å². The summed E-state index contributed by atoms with van der Waals surface area (Å²) in [5, 5.41) is 0. The molecule has 1 aromatic rings. The van der Waals surface area contributed by atoms with Crippen LogP contribution in [0.1, 0.15) is 36.4 Å². The Bertz CT molecular complexity index is 487. The second-order valence-electron chi connectivity index (χ2n) is 5.32. The van der Waals surface area contributed by atoms with E-state index < -0.39 is 0 Å². The molecule has 0 N–H and O–H groups in total. The first-order valence-electron chi connectivity index (χ1n) is 7.16. The summed E-state index contributed by atoms with van der Waals surface area (Å²) >= 11 is 0. The molecule has 1 fully saturated rings. The fourth-order valence-corrected chi connectivity index (χ4v) is 2.39. The summed E-state index contributed by atoms with van der Waals surface area (Å²) in [7, 11) is 0. The zero-order valence-corrected chi connectivity index (χ0v) is 12.4. The molecule has 0 spiro atoms. The van der Waals surface area contributed by atoms with Gasteiger partial charge in [-0.3, -0.25) is 9.59 Å². The van der Waals surface area contributed by atoms with Crippen LogP contribution in [-0.2, 0) is 4.79 Å². The first-order valence-corrected chi connectivity index (χ1v) is 7.16. The third kappa shape index (κ3) is 2.86. The number of furan rings is 1. The molecule has 0 radical (unpaired) electrons. The molecule has 2 heterocycles. The fraction of sp³-hybridized carbons (Fsp3) is 0.600. The predicted molar refractivity (Wildman–Crippen MR) is 75.4 cm³/mol. The number of nitrogens with zero attached hydrogens (tertiary/aromatic N) is 2. The Balaban J connectivity index is 1.93.